The Hall–Kier alpha value is -2.42. The van der Waals surface area contributed by atoms with Crippen LogP contribution in [-0.2, 0) is 14.8 Å². The molecule has 1 aliphatic rings. The van der Waals surface area contributed by atoms with Gasteiger partial charge >= 0.3 is 5.97 Å². The van der Waals surface area contributed by atoms with Crippen LogP contribution in [0.5, 0.6) is 0 Å². The minimum atomic E-state index is -3.98. The zero-order valence-corrected chi connectivity index (χ0v) is 14.3. The summed E-state index contributed by atoms with van der Waals surface area (Å²) < 4.78 is 25.4. The number of nitrogens with one attached hydrogen (secondary N) is 1. The van der Waals surface area contributed by atoms with Crippen LogP contribution in [0.3, 0.4) is 0 Å². The number of carbonyl (C=O) groups is 3. The number of benzene rings is 1. The van der Waals surface area contributed by atoms with Crippen molar-refractivity contribution in [2.24, 2.45) is 0 Å². The quantitative estimate of drug-likeness (QED) is 0.808. The highest BCUT2D eigenvalue weighted by Gasteiger charge is 2.41. The van der Waals surface area contributed by atoms with Crippen LogP contribution in [0.2, 0.25) is 0 Å². The first kappa shape index (κ1) is 17.9. The standard InChI is InChI=1S/C15H18N2O6S/c1-4-15(3,14(20)21)16-12(18)9-6-7-10-11(8-9)24(22,23)17(5-2)13(10)19/h6-8H,4-5H2,1-3H3,(H,16,18)(H,20,21). The molecule has 2 rings (SSSR count). The lowest BCUT2D eigenvalue weighted by Gasteiger charge is -2.24. The van der Waals surface area contributed by atoms with Gasteiger partial charge in [0, 0.05) is 12.1 Å². The molecule has 0 saturated carbocycles. The fourth-order valence-corrected chi connectivity index (χ4v) is 3.95. The third-order valence-electron chi connectivity index (χ3n) is 4.12. The maximum atomic E-state index is 12.3. The Bertz CT molecular complexity index is 832. The van der Waals surface area contributed by atoms with Crippen LogP contribution < -0.4 is 5.32 Å². The number of carbonyl (C=O) groups excluding carboxylic acids is 2. The van der Waals surface area contributed by atoms with Gasteiger partial charge < -0.3 is 10.4 Å². The molecule has 0 aliphatic carbocycles. The van der Waals surface area contributed by atoms with Crippen LogP contribution in [0.15, 0.2) is 23.1 Å². The molecule has 1 unspecified atom stereocenters. The molecule has 24 heavy (non-hydrogen) atoms. The molecule has 1 aromatic carbocycles. The summed E-state index contributed by atoms with van der Waals surface area (Å²) in [4.78, 5) is 35.4. The molecule has 0 saturated heterocycles. The first-order chi connectivity index (χ1) is 11.1. The number of amides is 2. The number of carboxylic acids is 1. The summed E-state index contributed by atoms with van der Waals surface area (Å²) >= 11 is 0. The van der Waals surface area contributed by atoms with Gasteiger partial charge in [-0.25, -0.2) is 17.5 Å². The van der Waals surface area contributed by atoms with Crippen LogP contribution in [0.1, 0.15) is 47.9 Å². The lowest BCUT2D eigenvalue weighted by atomic mass is 9.98. The van der Waals surface area contributed by atoms with E-state index in [9.17, 15) is 27.9 Å². The Labute approximate surface area is 139 Å². The highest BCUT2D eigenvalue weighted by molar-refractivity contribution is 7.90. The summed E-state index contributed by atoms with van der Waals surface area (Å²) in [5.41, 5.74) is -1.49. The van der Waals surface area contributed by atoms with E-state index in [4.69, 9.17) is 0 Å². The molecule has 130 valence electrons. The first-order valence-electron chi connectivity index (χ1n) is 7.35. The van der Waals surface area contributed by atoms with Crippen molar-refractivity contribution < 1.29 is 27.9 Å². The maximum Gasteiger partial charge on any atom is 0.329 e. The number of hydrogen-bond donors (Lipinski definition) is 2. The van der Waals surface area contributed by atoms with Gasteiger partial charge in [-0.05, 0) is 38.5 Å². The second-order valence-electron chi connectivity index (χ2n) is 5.63. The Morgan fingerprint density at radius 1 is 1.29 bits per heavy atom. The largest absolute Gasteiger partial charge is 0.480 e. The summed E-state index contributed by atoms with van der Waals surface area (Å²) in [7, 11) is -3.98. The number of hydrogen-bond acceptors (Lipinski definition) is 5. The smallest absolute Gasteiger partial charge is 0.329 e. The van der Waals surface area contributed by atoms with E-state index in [1.54, 1.807) is 6.92 Å². The molecule has 0 bridgehead atoms. The van der Waals surface area contributed by atoms with Crippen molar-refractivity contribution in [1.29, 1.82) is 0 Å². The fraction of sp³-hybridized carbons (Fsp3) is 0.400. The average Bonchev–Trinajstić information content (AvgIpc) is 2.72. The van der Waals surface area contributed by atoms with Gasteiger partial charge in [0.05, 0.1) is 5.56 Å². The highest BCUT2D eigenvalue weighted by atomic mass is 32.2. The van der Waals surface area contributed by atoms with E-state index in [0.717, 1.165) is 10.4 Å². The van der Waals surface area contributed by atoms with Gasteiger partial charge in [0.25, 0.3) is 21.8 Å². The van der Waals surface area contributed by atoms with Crippen molar-refractivity contribution in [1.82, 2.24) is 9.62 Å². The third kappa shape index (κ3) is 2.64. The van der Waals surface area contributed by atoms with Crippen molar-refractivity contribution in [3.63, 3.8) is 0 Å². The molecular weight excluding hydrogens is 336 g/mol. The Morgan fingerprint density at radius 3 is 2.42 bits per heavy atom. The maximum absolute atomic E-state index is 12.3. The second kappa shape index (κ2) is 5.90. The average molecular weight is 354 g/mol. The summed E-state index contributed by atoms with van der Waals surface area (Å²) in [5, 5.41) is 11.6. The van der Waals surface area contributed by atoms with Gasteiger partial charge in [0.1, 0.15) is 10.4 Å². The number of carboxylic acid groups (broad SMARTS) is 1. The zero-order valence-electron chi connectivity index (χ0n) is 13.5. The summed E-state index contributed by atoms with van der Waals surface area (Å²) in [6, 6.07) is 3.67. The Morgan fingerprint density at radius 2 is 1.92 bits per heavy atom. The zero-order chi connectivity index (χ0) is 18.3. The second-order valence-corrected chi connectivity index (χ2v) is 7.46. The third-order valence-corrected chi connectivity index (χ3v) is 6.02. The molecule has 9 heteroatoms. The molecular formula is C15H18N2O6S. The van der Waals surface area contributed by atoms with Crippen molar-refractivity contribution in [2.45, 2.75) is 37.6 Å². The number of rotatable bonds is 5. The molecule has 1 atom stereocenters. The number of aliphatic carboxylic acids is 1. The SMILES string of the molecule is CCN1C(=O)c2ccc(C(=O)NC(C)(CC)C(=O)O)cc2S1(=O)=O. The van der Waals surface area contributed by atoms with Gasteiger partial charge in [0.2, 0.25) is 0 Å². The van der Waals surface area contributed by atoms with Gasteiger partial charge in [-0.2, -0.15) is 0 Å². The van der Waals surface area contributed by atoms with E-state index in [1.807, 2.05) is 0 Å². The summed E-state index contributed by atoms with van der Waals surface area (Å²) in [6.07, 6.45) is 0.152. The number of nitrogens with zero attached hydrogens (tertiary/aromatic N) is 1. The van der Waals surface area contributed by atoms with Gasteiger partial charge in [0.15, 0.2) is 0 Å². The molecule has 2 N–H and O–H groups in total. The van der Waals surface area contributed by atoms with Crippen molar-refractivity contribution in [2.75, 3.05) is 6.54 Å². The van der Waals surface area contributed by atoms with Crippen LogP contribution >= 0.6 is 0 Å². The normalized spacial score (nSPS) is 18.0. The molecule has 1 heterocycles. The van der Waals surface area contributed by atoms with Crippen molar-refractivity contribution in [3.05, 3.63) is 29.3 Å². The van der Waals surface area contributed by atoms with Gasteiger partial charge in [-0.15, -0.1) is 0 Å². The molecule has 1 aliphatic heterocycles. The summed E-state index contributed by atoms with van der Waals surface area (Å²) in [6.45, 7) is 4.50. The number of sulfonamides is 1. The highest BCUT2D eigenvalue weighted by Crippen LogP contribution is 2.30. The van der Waals surface area contributed by atoms with E-state index in [-0.39, 0.29) is 29.0 Å². The lowest BCUT2D eigenvalue weighted by molar-refractivity contribution is -0.143. The minimum Gasteiger partial charge on any atom is -0.480 e. The topological polar surface area (TPSA) is 121 Å². The lowest BCUT2D eigenvalue weighted by Crippen LogP contribution is -2.51. The van der Waals surface area contributed by atoms with E-state index >= 15 is 0 Å². The number of fused-ring (bicyclic) bond motifs is 1. The first-order valence-corrected chi connectivity index (χ1v) is 8.79. The van der Waals surface area contributed by atoms with E-state index in [1.165, 1.54) is 26.0 Å². The van der Waals surface area contributed by atoms with Crippen molar-refractivity contribution in [3.8, 4) is 0 Å². The summed E-state index contributed by atoms with van der Waals surface area (Å²) in [5.74, 6) is -2.55. The fourth-order valence-electron chi connectivity index (χ4n) is 2.35. The van der Waals surface area contributed by atoms with Gasteiger partial charge in [-0.3, -0.25) is 9.59 Å². The van der Waals surface area contributed by atoms with E-state index in [2.05, 4.69) is 5.32 Å². The van der Waals surface area contributed by atoms with Crippen LogP contribution in [0.25, 0.3) is 0 Å². The van der Waals surface area contributed by atoms with E-state index in [0.29, 0.717) is 0 Å². The molecule has 0 spiro atoms. The predicted molar refractivity (Wildman–Crippen MR) is 84.1 cm³/mol. The van der Waals surface area contributed by atoms with E-state index < -0.39 is 33.3 Å². The van der Waals surface area contributed by atoms with Crippen LogP contribution in [0, 0.1) is 0 Å². The molecule has 0 aromatic heterocycles. The minimum absolute atomic E-state index is 0.00453. The Kier molecular flexibility index (Phi) is 4.40. The molecule has 1 aromatic rings. The molecule has 0 radical (unpaired) electrons. The molecule has 0 fully saturated rings. The molecule has 8 nitrogen and oxygen atoms in total. The molecule has 2 amide bonds. The van der Waals surface area contributed by atoms with Crippen LogP contribution in [-0.4, -0.2) is 47.7 Å². The Balaban J connectivity index is 2.42. The monoisotopic (exact) mass is 354 g/mol. The van der Waals surface area contributed by atoms with Crippen molar-refractivity contribution >= 4 is 27.8 Å². The predicted octanol–water partition coefficient (Wildman–Crippen LogP) is 0.834. The van der Waals surface area contributed by atoms with Crippen LogP contribution in [0.4, 0.5) is 0 Å². The van der Waals surface area contributed by atoms with Gasteiger partial charge in [-0.1, -0.05) is 6.92 Å².